The fourth-order valence-electron chi connectivity index (χ4n) is 2.04. The highest BCUT2D eigenvalue weighted by Gasteiger charge is 2.00. The Bertz CT molecular complexity index is 736. The third-order valence-electron chi connectivity index (χ3n) is 3.12. The van der Waals surface area contributed by atoms with Gasteiger partial charge in [-0.25, -0.2) is 0 Å². The molecule has 0 amide bonds. The molecule has 2 nitrogen and oxygen atoms in total. The molecule has 0 aliphatic carbocycles. The van der Waals surface area contributed by atoms with E-state index >= 15 is 0 Å². The van der Waals surface area contributed by atoms with Gasteiger partial charge in [-0.2, -0.15) is 0 Å². The lowest BCUT2D eigenvalue weighted by molar-refractivity contribution is 0.306. The first kappa shape index (κ1) is 13.0. The fourth-order valence-corrected chi connectivity index (χ4v) is 2.42. The topological polar surface area (TPSA) is 29.5 Å². The van der Waals surface area contributed by atoms with E-state index in [1.807, 2.05) is 36.4 Å². The Morgan fingerprint density at radius 1 is 0.850 bits per heavy atom. The maximum Gasteiger partial charge on any atom is 0.120 e. The van der Waals surface area contributed by atoms with Crippen molar-refractivity contribution in [2.75, 3.05) is 0 Å². The van der Waals surface area contributed by atoms with E-state index in [0.717, 1.165) is 21.2 Å². The zero-order valence-electron chi connectivity index (χ0n) is 10.7. The summed E-state index contributed by atoms with van der Waals surface area (Å²) in [4.78, 5) is 0. The van der Waals surface area contributed by atoms with Crippen molar-refractivity contribution in [2.45, 2.75) is 6.61 Å². The highest BCUT2D eigenvalue weighted by Crippen LogP contribution is 2.24. The summed E-state index contributed by atoms with van der Waals surface area (Å²) in [7, 11) is 0. The predicted molar refractivity (Wildman–Crippen MR) is 84.1 cm³/mol. The maximum absolute atomic E-state index is 9.24. The minimum absolute atomic E-state index is 0.269. The second-order valence-corrected chi connectivity index (χ2v) is 5.52. The predicted octanol–water partition coefficient (Wildman–Crippen LogP) is 4.89. The molecule has 0 unspecified atom stereocenters. The van der Waals surface area contributed by atoms with E-state index in [0.29, 0.717) is 6.61 Å². The fraction of sp³-hybridized carbons (Fsp3) is 0.0588. The Morgan fingerprint density at radius 3 is 2.35 bits per heavy atom. The standard InChI is InChI=1S/C17H13BrO2/c18-15-5-3-14-10-17(8-4-13(14)9-15)20-11-12-1-6-16(19)7-2-12/h1-10,19H,11H2. The first-order chi connectivity index (χ1) is 9.70. The largest absolute Gasteiger partial charge is 0.508 e. The van der Waals surface area contributed by atoms with Crippen LogP contribution in [0.5, 0.6) is 11.5 Å². The van der Waals surface area contributed by atoms with Gasteiger partial charge in [-0.3, -0.25) is 0 Å². The highest BCUT2D eigenvalue weighted by molar-refractivity contribution is 9.10. The quantitative estimate of drug-likeness (QED) is 0.741. The van der Waals surface area contributed by atoms with Crippen molar-refractivity contribution in [1.82, 2.24) is 0 Å². The number of rotatable bonds is 3. The number of hydrogen-bond donors (Lipinski definition) is 1. The highest BCUT2D eigenvalue weighted by atomic mass is 79.9. The molecule has 0 aliphatic heterocycles. The summed E-state index contributed by atoms with van der Waals surface area (Å²) < 4.78 is 6.85. The van der Waals surface area contributed by atoms with Gasteiger partial charge in [-0.15, -0.1) is 0 Å². The van der Waals surface area contributed by atoms with Crippen LogP contribution in [0.15, 0.2) is 65.1 Å². The molecule has 3 heteroatoms. The average molecular weight is 329 g/mol. The second-order valence-electron chi connectivity index (χ2n) is 4.61. The Morgan fingerprint density at radius 2 is 1.55 bits per heavy atom. The van der Waals surface area contributed by atoms with Gasteiger partial charge in [0.05, 0.1) is 0 Å². The third kappa shape index (κ3) is 2.94. The minimum Gasteiger partial charge on any atom is -0.508 e. The number of phenolic OH excluding ortho intramolecular Hbond substituents is 1. The van der Waals surface area contributed by atoms with Crippen LogP contribution in [0.3, 0.4) is 0 Å². The van der Waals surface area contributed by atoms with Crippen molar-refractivity contribution in [2.24, 2.45) is 0 Å². The molecule has 1 N–H and O–H groups in total. The molecule has 3 aromatic rings. The van der Waals surface area contributed by atoms with Crippen LogP contribution >= 0.6 is 15.9 Å². The summed E-state index contributed by atoms with van der Waals surface area (Å²) in [5.41, 5.74) is 1.03. The van der Waals surface area contributed by atoms with E-state index in [2.05, 4.69) is 28.1 Å². The summed E-state index contributed by atoms with van der Waals surface area (Å²) in [6.07, 6.45) is 0. The molecule has 0 heterocycles. The zero-order valence-corrected chi connectivity index (χ0v) is 12.3. The molecule has 0 spiro atoms. The first-order valence-corrected chi connectivity index (χ1v) is 7.10. The van der Waals surface area contributed by atoms with Crippen molar-refractivity contribution < 1.29 is 9.84 Å². The Hall–Kier alpha value is -2.00. The Kier molecular flexibility index (Phi) is 3.61. The number of aromatic hydroxyl groups is 1. The van der Waals surface area contributed by atoms with Crippen LogP contribution in [0.1, 0.15) is 5.56 Å². The molecule has 20 heavy (non-hydrogen) atoms. The summed E-state index contributed by atoms with van der Waals surface area (Å²) in [6.45, 7) is 0.488. The summed E-state index contributed by atoms with van der Waals surface area (Å²) in [5.74, 6) is 1.11. The molecule has 100 valence electrons. The van der Waals surface area contributed by atoms with Crippen molar-refractivity contribution >= 4 is 26.7 Å². The molecular formula is C17H13BrO2. The molecule has 0 atom stereocenters. The monoisotopic (exact) mass is 328 g/mol. The molecule has 0 saturated heterocycles. The van der Waals surface area contributed by atoms with Crippen LogP contribution < -0.4 is 4.74 Å². The summed E-state index contributed by atoms with van der Waals surface area (Å²) in [5, 5.41) is 11.6. The molecule has 0 saturated carbocycles. The molecule has 0 aliphatic rings. The van der Waals surface area contributed by atoms with Crippen molar-refractivity contribution in [3.63, 3.8) is 0 Å². The van der Waals surface area contributed by atoms with E-state index in [4.69, 9.17) is 4.74 Å². The summed E-state index contributed by atoms with van der Waals surface area (Å²) in [6, 6.07) is 19.2. The van der Waals surface area contributed by atoms with Crippen LogP contribution in [-0.4, -0.2) is 5.11 Å². The number of phenols is 1. The van der Waals surface area contributed by atoms with Gasteiger partial charge in [0.15, 0.2) is 0 Å². The van der Waals surface area contributed by atoms with Gasteiger partial charge in [-0.05, 0) is 52.7 Å². The van der Waals surface area contributed by atoms with Gasteiger partial charge in [0, 0.05) is 4.47 Å². The SMILES string of the molecule is Oc1ccc(COc2ccc3cc(Br)ccc3c2)cc1. The molecule has 0 radical (unpaired) electrons. The van der Waals surface area contributed by atoms with Gasteiger partial charge < -0.3 is 9.84 Å². The van der Waals surface area contributed by atoms with E-state index in [9.17, 15) is 5.11 Å². The van der Waals surface area contributed by atoms with Crippen LogP contribution in [0.25, 0.3) is 10.8 Å². The van der Waals surface area contributed by atoms with Gasteiger partial charge in [0.25, 0.3) is 0 Å². The lowest BCUT2D eigenvalue weighted by Gasteiger charge is -2.08. The summed E-state index contributed by atoms with van der Waals surface area (Å²) >= 11 is 3.47. The van der Waals surface area contributed by atoms with E-state index < -0.39 is 0 Å². The molecule has 0 fully saturated rings. The van der Waals surface area contributed by atoms with Crippen molar-refractivity contribution in [1.29, 1.82) is 0 Å². The molecule has 0 bridgehead atoms. The number of hydrogen-bond acceptors (Lipinski definition) is 2. The Labute approximate surface area is 125 Å². The number of benzene rings is 3. The maximum atomic E-state index is 9.24. The van der Waals surface area contributed by atoms with Crippen LogP contribution in [0.4, 0.5) is 0 Å². The minimum atomic E-state index is 0.269. The van der Waals surface area contributed by atoms with E-state index in [1.54, 1.807) is 12.1 Å². The van der Waals surface area contributed by atoms with Crippen molar-refractivity contribution in [3.05, 3.63) is 70.7 Å². The van der Waals surface area contributed by atoms with E-state index in [1.165, 1.54) is 5.39 Å². The first-order valence-electron chi connectivity index (χ1n) is 6.31. The number of halogens is 1. The average Bonchev–Trinajstić information content (AvgIpc) is 2.46. The number of ether oxygens (including phenoxy) is 1. The smallest absolute Gasteiger partial charge is 0.120 e. The molecule has 3 rings (SSSR count). The van der Waals surface area contributed by atoms with Crippen LogP contribution in [0, 0.1) is 0 Å². The Balaban J connectivity index is 1.77. The molecular weight excluding hydrogens is 316 g/mol. The van der Waals surface area contributed by atoms with Gasteiger partial charge in [0.2, 0.25) is 0 Å². The second kappa shape index (κ2) is 5.55. The van der Waals surface area contributed by atoms with Gasteiger partial charge in [0.1, 0.15) is 18.1 Å². The lowest BCUT2D eigenvalue weighted by Crippen LogP contribution is -1.94. The zero-order chi connectivity index (χ0) is 13.9. The van der Waals surface area contributed by atoms with Gasteiger partial charge >= 0.3 is 0 Å². The van der Waals surface area contributed by atoms with E-state index in [-0.39, 0.29) is 5.75 Å². The molecule has 3 aromatic carbocycles. The van der Waals surface area contributed by atoms with Crippen molar-refractivity contribution in [3.8, 4) is 11.5 Å². The molecule has 0 aromatic heterocycles. The van der Waals surface area contributed by atoms with Crippen LogP contribution in [-0.2, 0) is 6.61 Å². The van der Waals surface area contributed by atoms with Gasteiger partial charge in [-0.1, -0.05) is 40.2 Å². The third-order valence-corrected chi connectivity index (χ3v) is 3.61. The normalized spacial score (nSPS) is 10.7. The lowest BCUT2D eigenvalue weighted by atomic mass is 10.1. The number of fused-ring (bicyclic) bond motifs is 1. The van der Waals surface area contributed by atoms with Crippen LogP contribution in [0.2, 0.25) is 0 Å².